The van der Waals surface area contributed by atoms with E-state index in [1.54, 1.807) is 17.0 Å². The molecule has 2 N–H and O–H groups in total. The third kappa shape index (κ3) is 5.83. The summed E-state index contributed by atoms with van der Waals surface area (Å²) in [6.45, 7) is 3.83. The summed E-state index contributed by atoms with van der Waals surface area (Å²) in [6, 6.07) is 5.94. The third-order valence-electron chi connectivity index (χ3n) is 5.42. The first-order chi connectivity index (χ1) is 14.3. The minimum atomic E-state index is -0.469. The molecule has 30 heavy (non-hydrogen) atoms. The van der Waals surface area contributed by atoms with Crippen molar-refractivity contribution in [1.82, 2.24) is 14.7 Å². The zero-order chi connectivity index (χ0) is 21.7. The van der Waals surface area contributed by atoms with Crippen LogP contribution in [-0.4, -0.2) is 82.3 Å². The molecule has 3 rings (SSSR count). The maximum absolute atomic E-state index is 12.8. The lowest BCUT2D eigenvalue weighted by molar-refractivity contribution is -0.384. The Hall–Kier alpha value is -2.37. The van der Waals surface area contributed by atoms with Crippen LogP contribution in [-0.2, 0) is 16.1 Å². The number of carbonyl (C=O) groups excluding carboxylic acids is 2. The molecule has 0 saturated carbocycles. The molecular formula is C19H27N5O5S. The second kappa shape index (κ2) is 10.1. The fourth-order valence-corrected chi connectivity index (χ4v) is 4.31. The lowest BCUT2D eigenvalue weighted by Gasteiger charge is -2.33. The average molecular weight is 438 g/mol. The first-order valence-corrected chi connectivity index (χ1v) is 10.4. The van der Waals surface area contributed by atoms with Gasteiger partial charge in [-0.05, 0) is 37.1 Å². The number of rotatable bonds is 6. The van der Waals surface area contributed by atoms with Gasteiger partial charge in [-0.25, -0.2) is 4.79 Å². The normalized spacial score (nSPS) is 23.2. The van der Waals surface area contributed by atoms with Gasteiger partial charge in [-0.1, -0.05) is 0 Å². The zero-order valence-corrected chi connectivity index (χ0v) is 17.6. The standard InChI is InChI=1S/C19H27N5O5S/c20-17(25)12-21-6-1-7-22(9-8-21)18-10-16(30)11-23(18)19(26)29-13-14-2-4-15(5-3-14)24(27)28/h2-5,16,18,30H,1,6-13H2,(H2,20,25)/t16-,18-/m0/s1. The number of nitro groups is 1. The molecule has 1 aromatic rings. The van der Waals surface area contributed by atoms with Crippen molar-refractivity contribution in [2.75, 3.05) is 39.3 Å². The number of hydrogen-bond donors (Lipinski definition) is 2. The number of ether oxygens (including phenoxy) is 1. The molecule has 0 aliphatic carbocycles. The molecule has 0 bridgehead atoms. The molecular weight excluding hydrogens is 410 g/mol. The number of carbonyl (C=O) groups is 2. The third-order valence-corrected chi connectivity index (χ3v) is 5.79. The summed E-state index contributed by atoms with van der Waals surface area (Å²) in [6.07, 6.45) is 1.09. The molecule has 0 aromatic heterocycles. The van der Waals surface area contributed by atoms with Crippen LogP contribution in [0, 0.1) is 10.1 Å². The predicted molar refractivity (Wildman–Crippen MR) is 113 cm³/mol. The Labute approximate surface area is 180 Å². The number of nitrogens with zero attached hydrogens (tertiary/aromatic N) is 4. The Balaban J connectivity index is 1.57. The van der Waals surface area contributed by atoms with Crippen molar-refractivity contribution in [3.05, 3.63) is 39.9 Å². The maximum atomic E-state index is 12.8. The first kappa shape index (κ1) is 22.3. The number of amides is 2. The summed E-state index contributed by atoms with van der Waals surface area (Å²) in [5, 5.41) is 10.8. The molecule has 2 aliphatic heterocycles. The van der Waals surface area contributed by atoms with E-state index in [0.29, 0.717) is 18.7 Å². The van der Waals surface area contributed by atoms with Crippen LogP contribution in [0.3, 0.4) is 0 Å². The van der Waals surface area contributed by atoms with Crippen LogP contribution < -0.4 is 5.73 Å². The number of non-ortho nitro benzene ring substituents is 1. The van der Waals surface area contributed by atoms with Crippen molar-refractivity contribution in [3.63, 3.8) is 0 Å². The molecule has 2 fully saturated rings. The Morgan fingerprint density at radius 2 is 1.93 bits per heavy atom. The first-order valence-electron chi connectivity index (χ1n) is 9.93. The van der Waals surface area contributed by atoms with E-state index in [0.717, 1.165) is 32.5 Å². The van der Waals surface area contributed by atoms with Crippen LogP contribution in [0.4, 0.5) is 10.5 Å². The van der Waals surface area contributed by atoms with Crippen molar-refractivity contribution in [3.8, 4) is 0 Å². The van der Waals surface area contributed by atoms with E-state index in [9.17, 15) is 19.7 Å². The van der Waals surface area contributed by atoms with Gasteiger partial charge in [0.25, 0.3) is 5.69 Å². The summed E-state index contributed by atoms with van der Waals surface area (Å²) in [7, 11) is 0. The van der Waals surface area contributed by atoms with Crippen LogP contribution in [0.1, 0.15) is 18.4 Å². The molecule has 2 amide bonds. The van der Waals surface area contributed by atoms with Crippen LogP contribution in [0.15, 0.2) is 24.3 Å². The van der Waals surface area contributed by atoms with Crippen LogP contribution in [0.2, 0.25) is 0 Å². The topological polar surface area (TPSA) is 122 Å². The van der Waals surface area contributed by atoms with Gasteiger partial charge in [0.15, 0.2) is 0 Å². The van der Waals surface area contributed by atoms with Crippen molar-refractivity contribution >= 4 is 30.3 Å². The summed E-state index contributed by atoms with van der Waals surface area (Å²) < 4.78 is 5.47. The number of thiol groups is 1. The quantitative estimate of drug-likeness (QED) is 0.387. The molecule has 0 spiro atoms. The van der Waals surface area contributed by atoms with Gasteiger partial charge in [0.2, 0.25) is 5.91 Å². The maximum Gasteiger partial charge on any atom is 0.411 e. The molecule has 2 heterocycles. The van der Waals surface area contributed by atoms with Crippen molar-refractivity contribution < 1.29 is 19.2 Å². The van der Waals surface area contributed by atoms with E-state index >= 15 is 0 Å². The monoisotopic (exact) mass is 437 g/mol. The van der Waals surface area contributed by atoms with Crippen molar-refractivity contribution in [2.45, 2.75) is 30.9 Å². The van der Waals surface area contributed by atoms with E-state index in [2.05, 4.69) is 17.5 Å². The van der Waals surface area contributed by atoms with Crippen LogP contribution in [0.25, 0.3) is 0 Å². The smallest absolute Gasteiger partial charge is 0.411 e. The number of nitro benzene ring substituents is 1. The number of benzene rings is 1. The van der Waals surface area contributed by atoms with Gasteiger partial charge < -0.3 is 10.5 Å². The highest BCUT2D eigenvalue weighted by molar-refractivity contribution is 7.81. The van der Waals surface area contributed by atoms with Gasteiger partial charge in [-0.2, -0.15) is 12.6 Å². The fourth-order valence-electron chi connectivity index (χ4n) is 3.95. The zero-order valence-electron chi connectivity index (χ0n) is 16.7. The minimum Gasteiger partial charge on any atom is -0.445 e. The van der Waals surface area contributed by atoms with E-state index in [1.165, 1.54) is 12.1 Å². The summed E-state index contributed by atoms with van der Waals surface area (Å²) in [5.41, 5.74) is 5.99. The highest BCUT2D eigenvalue weighted by Gasteiger charge is 2.38. The average Bonchev–Trinajstić information content (AvgIpc) is 2.95. The summed E-state index contributed by atoms with van der Waals surface area (Å²) in [4.78, 5) is 40.2. The molecule has 2 aliphatic rings. The Morgan fingerprint density at radius 1 is 1.20 bits per heavy atom. The number of likely N-dealkylation sites (tertiary alicyclic amines) is 1. The molecule has 10 nitrogen and oxygen atoms in total. The lowest BCUT2D eigenvalue weighted by Crippen LogP contribution is -2.48. The molecule has 2 atom stereocenters. The van der Waals surface area contributed by atoms with E-state index in [1.807, 2.05) is 4.90 Å². The second-order valence-electron chi connectivity index (χ2n) is 7.63. The summed E-state index contributed by atoms with van der Waals surface area (Å²) >= 11 is 4.57. The molecule has 164 valence electrons. The van der Waals surface area contributed by atoms with Crippen LogP contribution in [0.5, 0.6) is 0 Å². The fraction of sp³-hybridized carbons (Fsp3) is 0.579. The second-order valence-corrected chi connectivity index (χ2v) is 8.36. The SMILES string of the molecule is NC(=O)CN1CCCN([C@@H]2C[C@H](S)CN2C(=O)OCc2ccc([N+](=O)[O-])cc2)CC1. The molecule has 1 aromatic carbocycles. The highest BCUT2D eigenvalue weighted by atomic mass is 32.1. The van der Waals surface area contributed by atoms with Crippen LogP contribution >= 0.6 is 12.6 Å². The molecule has 11 heteroatoms. The molecule has 2 saturated heterocycles. The number of nitrogens with two attached hydrogens (primary N) is 1. The highest BCUT2D eigenvalue weighted by Crippen LogP contribution is 2.26. The molecule has 0 radical (unpaired) electrons. The summed E-state index contributed by atoms with van der Waals surface area (Å²) in [5.74, 6) is -0.337. The van der Waals surface area contributed by atoms with Gasteiger partial charge >= 0.3 is 6.09 Å². The molecule has 0 unspecified atom stereocenters. The number of primary amides is 1. The Bertz CT molecular complexity index is 777. The van der Waals surface area contributed by atoms with E-state index < -0.39 is 11.0 Å². The largest absolute Gasteiger partial charge is 0.445 e. The lowest BCUT2D eigenvalue weighted by atomic mass is 10.2. The predicted octanol–water partition coefficient (Wildman–Crippen LogP) is 1.05. The Kier molecular flexibility index (Phi) is 7.51. The van der Waals surface area contributed by atoms with Gasteiger partial charge in [0.05, 0.1) is 17.6 Å². The number of hydrogen-bond acceptors (Lipinski definition) is 8. The van der Waals surface area contributed by atoms with Crippen molar-refractivity contribution in [1.29, 1.82) is 0 Å². The van der Waals surface area contributed by atoms with Gasteiger partial charge in [0, 0.05) is 43.6 Å². The van der Waals surface area contributed by atoms with E-state index in [4.69, 9.17) is 10.5 Å². The Morgan fingerprint density at radius 3 is 2.60 bits per heavy atom. The van der Waals surface area contributed by atoms with Gasteiger partial charge in [-0.3, -0.25) is 29.6 Å². The van der Waals surface area contributed by atoms with Crippen molar-refractivity contribution in [2.24, 2.45) is 5.73 Å². The van der Waals surface area contributed by atoms with E-state index in [-0.39, 0.29) is 36.2 Å². The van der Waals surface area contributed by atoms with Gasteiger partial charge in [0.1, 0.15) is 6.61 Å². The van der Waals surface area contributed by atoms with Gasteiger partial charge in [-0.15, -0.1) is 0 Å². The minimum absolute atomic E-state index is 0.00542.